The third-order valence-corrected chi connectivity index (χ3v) is 3.81. The molecule has 1 aromatic carbocycles. The highest BCUT2D eigenvalue weighted by atomic mass is 16.5. The van der Waals surface area contributed by atoms with Crippen LogP contribution in [0.2, 0.25) is 0 Å². The number of hydrogen-bond donors (Lipinski definition) is 1. The van der Waals surface area contributed by atoms with Crippen LogP contribution < -0.4 is 10.1 Å². The number of unbranched alkanes of at least 4 members (excludes halogenated alkanes) is 1. The van der Waals surface area contributed by atoms with E-state index in [1.165, 1.54) is 0 Å². The molecule has 5 heteroatoms. The first kappa shape index (κ1) is 16.6. The van der Waals surface area contributed by atoms with Crippen molar-refractivity contribution < 1.29 is 14.3 Å². The van der Waals surface area contributed by atoms with Crippen molar-refractivity contribution in [2.24, 2.45) is 5.92 Å². The van der Waals surface area contributed by atoms with Gasteiger partial charge in [-0.3, -0.25) is 0 Å². The highest BCUT2D eigenvalue weighted by Crippen LogP contribution is 2.19. The van der Waals surface area contributed by atoms with Crippen LogP contribution in [-0.2, 0) is 4.74 Å². The van der Waals surface area contributed by atoms with Crippen molar-refractivity contribution in [1.82, 2.24) is 4.90 Å². The summed E-state index contributed by atoms with van der Waals surface area (Å²) in [6.07, 6.45) is 3.16. The van der Waals surface area contributed by atoms with Crippen molar-refractivity contribution in [2.45, 2.75) is 26.2 Å². The fraction of sp³-hybridized carbons (Fsp3) is 0.588. The molecular weight excluding hydrogens is 280 g/mol. The number of nitrogens with zero attached hydrogens (tertiary/aromatic N) is 1. The molecule has 1 atom stereocenters. The van der Waals surface area contributed by atoms with E-state index >= 15 is 0 Å². The molecule has 1 aliphatic rings. The van der Waals surface area contributed by atoms with Crippen molar-refractivity contribution in [3.8, 4) is 5.75 Å². The Balaban J connectivity index is 1.77. The van der Waals surface area contributed by atoms with Gasteiger partial charge in [0, 0.05) is 31.8 Å². The van der Waals surface area contributed by atoms with E-state index in [0.717, 1.165) is 50.5 Å². The van der Waals surface area contributed by atoms with E-state index < -0.39 is 0 Å². The summed E-state index contributed by atoms with van der Waals surface area (Å²) in [5.41, 5.74) is 0.782. The van der Waals surface area contributed by atoms with E-state index in [4.69, 9.17) is 9.47 Å². The summed E-state index contributed by atoms with van der Waals surface area (Å²) in [5, 5.41) is 2.89. The minimum atomic E-state index is -0.0785. The first-order chi connectivity index (χ1) is 10.7. The number of amides is 2. The number of hydrogen-bond acceptors (Lipinski definition) is 3. The summed E-state index contributed by atoms with van der Waals surface area (Å²) in [6.45, 7) is 5.20. The van der Waals surface area contributed by atoms with E-state index in [1.807, 2.05) is 31.3 Å². The molecular formula is C17H26N2O3. The van der Waals surface area contributed by atoms with Gasteiger partial charge in [-0.05, 0) is 37.1 Å². The molecule has 1 fully saturated rings. The molecule has 5 nitrogen and oxygen atoms in total. The Bertz CT molecular complexity index is 455. The third-order valence-electron chi connectivity index (χ3n) is 3.81. The molecule has 1 N–H and O–H groups in total. The van der Waals surface area contributed by atoms with Gasteiger partial charge in [0.2, 0.25) is 0 Å². The van der Waals surface area contributed by atoms with Gasteiger partial charge >= 0.3 is 6.03 Å². The Morgan fingerprint density at radius 1 is 1.41 bits per heavy atom. The minimum absolute atomic E-state index is 0.0785. The van der Waals surface area contributed by atoms with Crippen LogP contribution >= 0.6 is 0 Å². The molecule has 22 heavy (non-hydrogen) atoms. The molecule has 1 heterocycles. The normalized spacial score (nSPS) is 17.3. The zero-order valence-corrected chi connectivity index (χ0v) is 13.5. The second-order valence-corrected chi connectivity index (χ2v) is 5.77. The number of benzene rings is 1. The molecule has 2 amide bonds. The van der Waals surface area contributed by atoms with E-state index in [0.29, 0.717) is 12.5 Å². The van der Waals surface area contributed by atoms with Crippen LogP contribution in [0.25, 0.3) is 0 Å². The van der Waals surface area contributed by atoms with E-state index in [9.17, 15) is 4.79 Å². The number of rotatable bonds is 7. The lowest BCUT2D eigenvalue weighted by atomic mass is 10.1. The van der Waals surface area contributed by atoms with Crippen LogP contribution in [0.4, 0.5) is 10.5 Å². The Hall–Kier alpha value is -1.75. The second-order valence-electron chi connectivity index (χ2n) is 5.77. The summed E-state index contributed by atoms with van der Waals surface area (Å²) in [7, 11) is 1.81. The molecule has 0 aromatic heterocycles. The van der Waals surface area contributed by atoms with Gasteiger partial charge in [0.05, 0.1) is 13.2 Å². The smallest absolute Gasteiger partial charge is 0.321 e. The highest BCUT2D eigenvalue weighted by Gasteiger charge is 2.16. The average molecular weight is 306 g/mol. The van der Waals surface area contributed by atoms with E-state index in [2.05, 4.69) is 12.2 Å². The molecule has 2 rings (SSSR count). The van der Waals surface area contributed by atoms with Gasteiger partial charge in [0.1, 0.15) is 5.75 Å². The van der Waals surface area contributed by atoms with E-state index in [1.54, 1.807) is 4.90 Å². The lowest BCUT2D eigenvalue weighted by Crippen LogP contribution is -2.32. The highest BCUT2D eigenvalue weighted by molar-refractivity contribution is 5.89. The van der Waals surface area contributed by atoms with E-state index in [-0.39, 0.29) is 6.03 Å². The summed E-state index contributed by atoms with van der Waals surface area (Å²) in [6, 6.07) is 7.43. The molecule has 0 spiro atoms. The zero-order chi connectivity index (χ0) is 15.8. The zero-order valence-electron chi connectivity index (χ0n) is 13.5. The first-order valence-corrected chi connectivity index (χ1v) is 8.01. The van der Waals surface area contributed by atoms with Crippen LogP contribution in [-0.4, -0.2) is 44.3 Å². The largest absolute Gasteiger partial charge is 0.493 e. The first-order valence-electron chi connectivity index (χ1n) is 8.01. The van der Waals surface area contributed by atoms with Gasteiger partial charge in [0.25, 0.3) is 0 Å². The average Bonchev–Trinajstić information content (AvgIpc) is 3.05. The lowest BCUT2D eigenvalue weighted by molar-refractivity contribution is 0.167. The lowest BCUT2D eigenvalue weighted by Gasteiger charge is -2.17. The van der Waals surface area contributed by atoms with Gasteiger partial charge in [-0.1, -0.05) is 13.3 Å². The number of urea groups is 1. The summed E-state index contributed by atoms with van der Waals surface area (Å²) >= 11 is 0. The van der Waals surface area contributed by atoms with Gasteiger partial charge in [-0.25, -0.2) is 4.79 Å². The maximum atomic E-state index is 12.0. The standard InChI is InChI=1S/C17H26N2O3/c1-3-4-10-19(2)17(20)18-15-5-7-16(8-6-15)22-13-14-9-11-21-12-14/h5-8,14H,3-4,9-13H2,1-2H3,(H,18,20)/t14-/m1/s1. The molecule has 1 aromatic rings. The van der Waals surface area contributed by atoms with Crippen LogP contribution in [0, 0.1) is 5.92 Å². The number of anilines is 1. The minimum Gasteiger partial charge on any atom is -0.493 e. The monoisotopic (exact) mass is 306 g/mol. The van der Waals surface area contributed by atoms with Crippen LogP contribution in [0.3, 0.4) is 0 Å². The van der Waals surface area contributed by atoms with Gasteiger partial charge in [-0.2, -0.15) is 0 Å². The molecule has 0 bridgehead atoms. The van der Waals surface area contributed by atoms with Gasteiger partial charge < -0.3 is 19.7 Å². The predicted molar refractivity (Wildman–Crippen MR) is 87.4 cm³/mol. The third kappa shape index (κ3) is 5.22. The molecule has 1 aliphatic heterocycles. The van der Waals surface area contributed by atoms with Crippen LogP contribution in [0.15, 0.2) is 24.3 Å². The second kappa shape index (κ2) is 8.63. The number of carbonyl (C=O) groups excluding carboxylic acids is 1. The van der Waals surface area contributed by atoms with Crippen molar-refractivity contribution in [3.63, 3.8) is 0 Å². The fourth-order valence-electron chi connectivity index (χ4n) is 2.28. The maximum absolute atomic E-state index is 12.0. The quantitative estimate of drug-likeness (QED) is 0.840. The van der Waals surface area contributed by atoms with Crippen LogP contribution in [0.1, 0.15) is 26.2 Å². The Kier molecular flexibility index (Phi) is 6.52. The SMILES string of the molecule is CCCCN(C)C(=O)Nc1ccc(OC[C@@H]2CCOC2)cc1. The van der Waals surface area contributed by atoms with Crippen LogP contribution in [0.5, 0.6) is 5.75 Å². The molecule has 0 aliphatic carbocycles. The molecule has 0 radical (unpaired) electrons. The summed E-state index contributed by atoms with van der Waals surface area (Å²) in [4.78, 5) is 13.7. The van der Waals surface area contributed by atoms with Gasteiger partial charge in [0.15, 0.2) is 0 Å². The molecule has 0 saturated carbocycles. The fourth-order valence-corrected chi connectivity index (χ4v) is 2.28. The topological polar surface area (TPSA) is 50.8 Å². The summed E-state index contributed by atoms with van der Waals surface area (Å²) in [5.74, 6) is 1.32. The van der Waals surface area contributed by atoms with Gasteiger partial charge in [-0.15, -0.1) is 0 Å². The van der Waals surface area contributed by atoms with Crippen molar-refractivity contribution >= 4 is 11.7 Å². The van der Waals surface area contributed by atoms with Crippen molar-refractivity contribution in [1.29, 1.82) is 0 Å². The van der Waals surface area contributed by atoms with Crippen molar-refractivity contribution in [3.05, 3.63) is 24.3 Å². The predicted octanol–water partition coefficient (Wildman–Crippen LogP) is 3.37. The number of ether oxygens (including phenoxy) is 2. The Morgan fingerprint density at radius 2 is 2.18 bits per heavy atom. The summed E-state index contributed by atoms with van der Waals surface area (Å²) < 4.78 is 11.1. The number of nitrogens with one attached hydrogen (secondary N) is 1. The van der Waals surface area contributed by atoms with Crippen molar-refractivity contribution in [2.75, 3.05) is 38.7 Å². The molecule has 122 valence electrons. The maximum Gasteiger partial charge on any atom is 0.321 e. The Labute approximate surface area is 132 Å². The Morgan fingerprint density at radius 3 is 2.82 bits per heavy atom. The molecule has 1 saturated heterocycles. The molecule has 0 unspecified atom stereocenters. The number of carbonyl (C=O) groups is 1.